The van der Waals surface area contributed by atoms with Crippen LogP contribution in [0.25, 0.3) is 0 Å². The summed E-state index contributed by atoms with van der Waals surface area (Å²) >= 11 is 0. The Bertz CT molecular complexity index is 342. The molecule has 0 aromatic rings. The van der Waals surface area contributed by atoms with Crippen molar-refractivity contribution in [1.82, 2.24) is 15.1 Å². The van der Waals surface area contributed by atoms with Crippen molar-refractivity contribution in [1.29, 1.82) is 0 Å². The Kier molecular flexibility index (Phi) is 5.71. The SMILES string of the molecule is CCC=C(CC1CCN(C(N)=O)CC1)N1CCNCC1. The van der Waals surface area contributed by atoms with Gasteiger partial charge in [-0.25, -0.2) is 4.79 Å². The maximum absolute atomic E-state index is 11.2. The first-order valence-electron chi connectivity index (χ1n) is 7.89. The van der Waals surface area contributed by atoms with Gasteiger partial charge in [-0.15, -0.1) is 0 Å². The summed E-state index contributed by atoms with van der Waals surface area (Å²) in [5.41, 5.74) is 6.84. The minimum absolute atomic E-state index is 0.269. The number of carbonyl (C=O) groups excluding carboxylic acids is 1. The Morgan fingerprint density at radius 2 is 1.85 bits per heavy atom. The number of piperazine rings is 1. The summed E-state index contributed by atoms with van der Waals surface area (Å²) in [5.74, 6) is 0.693. The molecule has 2 aliphatic heterocycles. The molecular formula is C15H28N4O. The number of carbonyl (C=O) groups is 1. The average molecular weight is 280 g/mol. The molecular weight excluding hydrogens is 252 g/mol. The molecule has 2 heterocycles. The van der Waals surface area contributed by atoms with Crippen molar-refractivity contribution in [3.8, 4) is 0 Å². The third-order valence-corrected chi connectivity index (χ3v) is 4.39. The van der Waals surface area contributed by atoms with Gasteiger partial charge in [0.25, 0.3) is 0 Å². The molecule has 2 aliphatic rings. The van der Waals surface area contributed by atoms with Crippen molar-refractivity contribution in [2.24, 2.45) is 11.7 Å². The molecule has 2 rings (SSSR count). The van der Waals surface area contributed by atoms with Crippen molar-refractivity contribution in [3.05, 3.63) is 11.8 Å². The van der Waals surface area contributed by atoms with Gasteiger partial charge in [0, 0.05) is 45.0 Å². The van der Waals surface area contributed by atoms with Gasteiger partial charge in [-0.3, -0.25) is 0 Å². The van der Waals surface area contributed by atoms with Crippen LogP contribution in [0.1, 0.15) is 32.6 Å². The van der Waals surface area contributed by atoms with E-state index in [1.54, 1.807) is 4.90 Å². The number of nitrogens with two attached hydrogens (primary N) is 1. The molecule has 2 fully saturated rings. The van der Waals surface area contributed by atoms with E-state index in [0.29, 0.717) is 5.92 Å². The van der Waals surface area contributed by atoms with E-state index in [4.69, 9.17) is 5.73 Å². The zero-order chi connectivity index (χ0) is 14.4. The molecule has 5 heteroatoms. The number of allylic oxidation sites excluding steroid dienone is 2. The lowest BCUT2D eigenvalue weighted by molar-refractivity contribution is 0.174. The lowest BCUT2D eigenvalue weighted by Crippen LogP contribution is -2.44. The van der Waals surface area contributed by atoms with Gasteiger partial charge in [-0.2, -0.15) is 0 Å². The van der Waals surface area contributed by atoms with E-state index < -0.39 is 0 Å². The average Bonchev–Trinajstić information content (AvgIpc) is 2.48. The number of urea groups is 1. The molecule has 0 aromatic carbocycles. The van der Waals surface area contributed by atoms with Crippen LogP contribution in [0.3, 0.4) is 0 Å². The maximum Gasteiger partial charge on any atom is 0.314 e. The lowest BCUT2D eigenvalue weighted by atomic mass is 9.91. The number of piperidine rings is 1. The Morgan fingerprint density at radius 1 is 1.20 bits per heavy atom. The fourth-order valence-electron chi connectivity index (χ4n) is 3.18. The monoisotopic (exact) mass is 280 g/mol. The molecule has 0 saturated carbocycles. The molecule has 0 unspecified atom stereocenters. The molecule has 0 radical (unpaired) electrons. The Labute approximate surface area is 122 Å². The van der Waals surface area contributed by atoms with Crippen molar-refractivity contribution >= 4 is 6.03 Å². The number of nitrogens with zero attached hydrogens (tertiary/aromatic N) is 2. The summed E-state index contributed by atoms with van der Waals surface area (Å²) in [6, 6.07) is -0.269. The molecule has 0 atom stereocenters. The highest BCUT2D eigenvalue weighted by Crippen LogP contribution is 2.26. The third-order valence-electron chi connectivity index (χ3n) is 4.39. The van der Waals surface area contributed by atoms with Crippen LogP contribution in [0.4, 0.5) is 4.79 Å². The normalized spacial score (nSPS) is 22.1. The molecule has 2 amide bonds. The fourth-order valence-corrected chi connectivity index (χ4v) is 3.18. The van der Waals surface area contributed by atoms with Gasteiger partial charge in [0.15, 0.2) is 0 Å². The summed E-state index contributed by atoms with van der Waals surface area (Å²) in [6.45, 7) is 8.25. The van der Waals surface area contributed by atoms with E-state index in [2.05, 4.69) is 23.2 Å². The highest BCUT2D eigenvalue weighted by molar-refractivity contribution is 5.72. The maximum atomic E-state index is 11.2. The number of primary amides is 1. The molecule has 5 nitrogen and oxygen atoms in total. The second-order valence-corrected chi connectivity index (χ2v) is 5.81. The van der Waals surface area contributed by atoms with Crippen molar-refractivity contribution < 1.29 is 4.79 Å². The zero-order valence-electron chi connectivity index (χ0n) is 12.6. The highest BCUT2D eigenvalue weighted by Gasteiger charge is 2.23. The molecule has 20 heavy (non-hydrogen) atoms. The molecule has 114 valence electrons. The molecule has 0 spiro atoms. The first kappa shape index (κ1) is 15.2. The summed E-state index contributed by atoms with van der Waals surface area (Å²) in [4.78, 5) is 15.5. The van der Waals surface area contributed by atoms with E-state index in [1.807, 2.05) is 0 Å². The molecule has 0 aromatic heterocycles. The molecule has 0 aliphatic carbocycles. The van der Waals surface area contributed by atoms with Crippen LogP contribution in [0.15, 0.2) is 11.8 Å². The Balaban J connectivity index is 1.86. The second kappa shape index (κ2) is 7.53. The Morgan fingerprint density at radius 3 is 2.40 bits per heavy atom. The summed E-state index contributed by atoms with van der Waals surface area (Å²) in [6.07, 6.45) is 6.79. The third kappa shape index (κ3) is 4.13. The van der Waals surface area contributed by atoms with Gasteiger partial charge in [0.2, 0.25) is 0 Å². The number of nitrogens with one attached hydrogen (secondary N) is 1. The number of amides is 2. The van der Waals surface area contributed by atoms with Gasteiger partial charge in [0.1, 0.15) is 0 Å². The predicted molar refractivity (Wildman–Crippen MR) is 81.3 cm³/mol. The van der Waals surface area contributed by atoms with Crippen LogP contribution in [-0.4, -0.2) is 55.1 Å². The van der Waals surface area contributed by atoms with E-state index >= 15 is 0 Å². The predicted octanol–water partition coefficient (Wildman–Crippen LogP) is 1.37. The second-order valence-electron chi connectivity index (χ2n) is 5.81. The van der Waals surface area contributed by atoms with Crippen LogP contribution in [-0.2, 0) is 0 Å². The van der Waals surface area contributed by atoms with E-state index in [-0.39, 0.29) is 6.03 Å². The van der Waals surface area contributed by atoms with Gasteiger partial charge >= 0.3 is 6.03 Å². The van der Waals surface area contributed by atoms with Crippen molar-refractivity contribution in [2.45, 2.75) is 32.6 Å². The van der Waals surface area contributed by atoms with Gasteiger partial charge < -0.3 is 20.9 Å². The topological polar surface area (TPSA) is 61.6 Å². The lowest BCUT2D eigenvalue weighted by Gasteiger charge is -2.36. The molecule has 3 N–H and O–H groups in total. The standard InChI is InChI=1S/C15H28N4O/c1-2-3-14(18-10-6-17-7-11-18)12-13-4-8-19(9-5-13)15(16)20/h3,13,17H,2,4-12H2,1H3,(H2,16,20). The molecule has 0 bridgehead atoms. The van der Waals surface area contributed by atoms with Crippen LogP contribution in [0.5, 0.6) is 0 Å². The number of hydrogen-bond donors (Lipinski definition) is 2. The fraction of sp³-hybridized carbons (Fsp3) is 0.800. The first-order chi connectivity index (χ1) is 9.70. The number of hydrogen-bond acceptors (Lipinski definition) is 3. The minimum atomic E-state index is -0.269. The molecule has 2 saturated heterocycles. The van der Waals surface area contributed by atoms with E-state index in [9.17, 15) is 4.79 Å². The summed E-state index contributed by atoms with van der Waals surface area (Å²) in [7, 11) is 0. The van der Waals surface area contributed by atoms with Crippen molar-refractivity contribution in [3.63, 3.8) is 0 Å². The smallest absolute Gasteiger partial charge is 0.314 e. The Hall–Kier alpha value is -1.23. The van der Waals surface area contributed by atoms with Crippen LogP contribution in [0, 0.1) is 5.92 Å². The van der Waals surface area contributed by atoms with Crippen molar-refractivity contribution in [2.75, 3.05) is 39.3 Å². The zero-order valence-corrected chi connectivity index (χ0v) is 12.6. The quantitative estimate of drug-likeness (QED) is 0.817. The van der Waals surface area contributed by atoms with E-state index in [1.165, 1.54) is 5.70 Å². The summed E-state index contributed by atoms with van der Waals surface area (Å²) < 4.78 is 0. The van der Waals surface area contributed by atoms with Crippen LogP contribution < -0.4 is 11.1 Å². The largest absolute Gasteiger partial charge is 0.373 e. The first-order valence-corrected chi connectivity index (χ1v) is 7.89. The highest BCUT2D eigenvalue weighted by atomic mass is 16.2. The van der Waals surface area contributed by atoms with Gasteiger partial charge in [-0.1, -0.05) is 13.0 Å². The van der Waals surface area contributed by atoms with Crippen LogP contribution in [0.2, 0.25) is 0 Å². The van der Waals surface area contributed by atoms with E-state index in [0.717, 1.165) is 65.0 Å². The summed E-state index contributed by atoms with van der Waals surface area (Å²) in [5, 5.41) is 3.41. The minimum Gasteiger partial charge on any atom is -0.373 e. The number of rotatable bonds is 4. The van der Waals surface area contributed by atoms with Gasteiger partial charge in [-0.05, 0) is 31.6 Å². The van der Waals surface area contributed by atoms with Crippen LogP contribution >= 0.6 is 0 Å². The van der Waals surface area contributed by atoms with Gasteiger partial charge in [0.05, 0.1) is 0 Å². The number of likely N-dealkylation sites (tertiary alicyclic amines) is 1.